The van der Waals surface area contributed by atoms with E-state index in [-0.39, 0.29) is 29.1 Å². The Morgan fingerprint density at radius 3 is 2.54 bits per heavy atom. The average Bonchev–Trinajstić information content (AvgIpc) is 3.04. The normalized spacial score (nSPS) is 28.8. The van der Waals surface area contributed by atoms with Crippen molar-refractivity contribution in [3.8, 4) is 0 Å². The van der Waals surface area contributed by atoms with Gasteiger partial charge in [0.05, 0.1) is 18.2 Å². The third-order valence-electron chi connectivity index (χ3n) is 5.86. The molecule has 1 aliphatic carbocycles. The minimum Gasteiger partial charge on any atom is -0.392 e. The molecule has 1 spiro atoms. The number of rotatable bonds is 4. The SMILES string of the molecule is CCOC1CC(O)C12CCN(C(C)c1nc(C(C)(C)C)no1)CC2. The van der Waals surface area contributed by atoms with Gasteiger partial charge in [-0.05, 0) is 39.8 Å². The first-order valence-corrected chi connectivity index (χ1v) is 9.15. The van der Waals surface area contributed by atoms with E-state index in [1.807, 2.05) is 6.92 Å². The Morgan fingerprint density at radius 2 is 2.04 bits per heavy atom. The standard InChI is InChI=1S/C18H31N3O3/c1-6-23-14-11-13(22)18(14)7-9-21(10-8-18)12(2)15-19-16(20-24-15)17(3,4)5/h12-14,22H,6-11H2,1-5H3. The van der Waals surface area contributed by atoms with E-state index in [4.69, 9.17) is 9.26 Å². The summed E-state index contributed by atoms with van der Waals surface area (Å²) < 4.78 is 11.3. The van der Waals surface area contributed by atoms with Crippen LogP contribution in [0.1, 0.15) is 71.6 Å². The molecular weight excluding hydrogens is 306 g/mol. The quantitative estimate of drug-likeness (QED) is 0.911. The van der Waals surface area contributed by atoms with Gasteiger partial charge in [-0.3, -0.25) is 4.90 Å². The predicted octanol–water partition coefficient (Wildman–Crippen LogP) is 2.68. The molecule has 1 aliphatic heterocycles. The summed E-state index contributed by atoms with van der Waals surface area (Å²) in [4.78, 5) is 6.97. The Kier molecular flexibility index (Phi) is 4.75. The summed E-state index contributed by atoms with van der Waals surface area (Å²) in [7, 11) is 0. The Labute approximate surface area is 144 Å². The van der Waals surface area contributed by atoms with Gasteiger partial charge >= 0.3 is 0 Å². The second-order valence-corrected chi connectivity index (χ2v) is 8.35. The van der Waals surface area contributed by atoms with Crippen LogP contribution in [-0.2, 0) is 10.2 Å². The number of nitrogens with zero attached hydrogens (tertiary/aromatic N) is 3. The molecule has 3 unspecified atom stereocenters. The molecule has 1 aromatic rings. The average molecular weight is 337 g/mol. The van der Waals surface area contributed by atoms with Gasteiger partial charge in [0.2, 0.25) is 5.89 Å². The molecule has 6 heteroatoms. The van der Waals surface area contributed by atoms with Crippen LogP contribution in [-0.4, -0.2) is 52.1 Å². The fourth-order valence-corrected chi connectivity index (χ4v) is 4.01. The van der Waals surface area contributed by atoms with Crippen molar-refractivity contribution >= 4 is 0 Å². The van der Waals surface area contributed by atoms with Crippen molar-refractivity contribution in [1.29, 1.82) is 0 Å². The number of hydrogen-bond acceptors (Lipinski definition) is 6. The van der Waals surface area contributed by atoms with Crippen LogP contribution in [0.15, 0.2) is 4.52 Å². The second kappa shape index (κ2) is 6.39. The van der Waals surface area contributed by atoms with Crippen molar-refractivity contribution in [3.63, 3.8) is 0 Å². The van der Waals surface area contributed by atoms with Gasteiger partial charge < -0.3 is 14.4 Å². The van der Waals surface area contributed by atoms with Crippen LogP contribution in [0.2, 0.25) is 0 Å². The molecule has 2 fully saturated rings. The van der Waals surface area contributed by atoms with Crippen LogP contribution in [0.3, 0.4) is 0 Å². The summed E-state index contributed by atoms with van der Waals surface area (Å²) in [5.41, 5.74) is -0.147. The largest absolute Gasteiger partial charge is 0.392 e. The van der Waals surface area contributed by atoms with Gasteiger partial charge in [-0.2, -0.15) is 4.98 Å². The van der Waals surface area contributed by atoms with Crippen molar-refractivity contribution in [2.45, 2.75) is 77.5 Å². The summed E-state index contributed by atoms with van der Waals surface area (Å²) in [5, 5.41) is 14.5. The van der Waals surface area contributed by atoms with Crippen molar-refractivity contribution in [1.82, 2.24) is 15.0 Å². The second-order valence-electron chi connectivity index (χ2n) is 8.35. The molecule has 1 saturated carbocycles. The highest BCUT2D eigenvalue weighted by atomic mass is 16.5. The molecule has 1 saturated heterocycles. The van der Waals surface area contributed by atoms with Crippen LogP contribution in [0.5, 0.6) is 0 Å². The zero-order valence-electron chi connectivity index (χ0n) is 15.6. The number of hydrogen-bond donors (Lipinski definition) is 1. The number of aliphatic hydroxyl groups is 1. The third-order valence-corrected chi connectivity index (χ3v) is 5.86. The highest BCUT2D eigenvalue weighted by molar-refractivity contribution is 5.08. The maximum absolute atomic E-state index is 10.3. The topological polar surface area (TPSA) is 71.6 Å². The summed E-state index contributed by atoms with van der Waals surface area (Å²) in [6.07, 6.45) is 2.70. The Morgan fingerprint density at radius 1 is 1.38 bits per heavy atom. The fourth-order valence-electron chi connectivity index (χ4n) is 4.01. The molecule has 3 rings (SSSR count). The number of aliphatic hydroxyl groups excluding tert-OH is 1. The summed E-state index contributed by atoms with van der Waals surface area (Å²) >= 11 is 0. The summed E-state index contributed by atoms with van der Waals surface area (Å²) in [5.74, 6) is 1.44. The van der Waals surface area contributed by atoms with E-state index in [0.717, 1.165) is 44.8 Å². The van der Waals surface area contributed by atoms with Crippen molar-refractivity contribution in [2.75, 3.05) is 19.7 Å². The van der Waals surface area contributed by atoms with E-state index in [1.54, 1.807) is 0 Å². The monoisotopic (exact) mass is 337 g/mol. The molecule has 2 aliphatic rings. The predicted molar refractivity (Wildman–Crippen MR) is 90.7 cm³/mol. The molecule has 0 bridgehead atoms. The molecule has 2 heterocycles. The summed E-state index contributed by atoms with van der Waals surface area (Å²) in [6.45, 7) is 13.0. The number of ether oxygens (including phenoxy) is 1. The van der Waals surface area contributed by atoms with Crippen molar-refractivity contribution in [3.05, 3.63) is 11.7 Å². The van der Waals surface area contributed by atoms with Gasteiger partial charge in [-0.15, -0.1) is 0 Å². The maximum Gasteiger partial charge on any atom is 0.243 e. The van der Waals surface area contributed by atoms with Gasteiger partial charge in [0, 0.05) is 23.9 Å². The van der Waals surface area contributed by atoms with Crippen LogP contribution in [0, 0.1) is 5.41 Å². The Balaban J connectivity index is 1.63. The van der Waals surface area contributed by atoms with E-state index in [1.165, 1.54) is 0 Å². The lowest BCUT2D eigenvalue weighted by Gasteiger charge is -2.57. The lowest BCUT2D eigenvalue weighted by molar-refractivity contribution is -0.211. The van der Waals surface area contributed by atoms with E-state index in [2.05, 4.69) is 42.7 Å². The molecule has 24 heavy (non-hydrogen) atoms. The van der Waals surface area contributed by atoms with Gasteiger partial charge in [0.1, 0.15) is 0 Å². The molecule has 0 radical (unpaired) electrons. The first kappa shape index (κ1) is 17.8. The molecule has 3 atom stereocenters. The lowest BCUT2D eigenvalue weighted by atomic mass is 9.58. The van der Waals surface area contributed by atoms with E-state index in [0.29, 0.717) is 5.89 Å². The summed E-state index contributed by atoms with van der Waals surface area (Å²) in [6, 6.07) is 0.105. The molecule has 1 N–H and O–H groups in total. The van der Waals surface area contributed by atoms with Gasteiger partial charge in [0.25, 0.3) is 0 Å². The van der Waals surface area contributed by atoms with Crippen LogP contribution in [0.4, 0.5) is 0 Å². The first-order chi connectivity index (χ1) is 11.3. The lowest BCUT2D eigenvalue weighted by Crippen LogP contribution is -2.62. The highest BCUT2D eigenvalue weighted by Crippen LogP contribution is 2.51. The van der Waals surface area contributed by atoms with Gasteiger partial charge in [-0.25, -0.2) is 0 Å². The van der Waals surface area contributed by atoms with Crippen molar-refractivity contribution < 1.29 is 14.4 Å². The number of aromatic nitrogens is 2. The molecular formula is C18H31N3O3. The molecule has 0 aromatic carbocycles. The van der Waals surface area contributed by atoms with Crippen LogP contribution >= 0.6 is 0 Å². The van der Waals surface area contributed by atoms with Crippen LogP contribution in [0.25, 0.3) is 0 Å². The Bertz CT molecular complexity index is 556. The van der Waals surface area contributed by atoms with E-state index >= 15 is 0 Å². The maximum atomic E-state index is 10.3. The van der Waals surface area contributed by atoms with Crippen LogP contribution < -0.4 is 0 Å². The van der Waals surface area contributed by atoms with Crippen molar-refractivity contribution in [2.24, 2.45) is 5.41 Å². The third kappa shape index (κ3) is 3.00. The minimum atomic E-state index is -0.220. The zero-order valence-corrected chi connectivity index (χ0v) is 15.6. The fraction of sp³-hybridized carbons (Fsp3) is 0.889. The van der Waals surface area contributed by atoms with Gasteiger partial charge in [0.15, 0.2) is 5.82 Å². The zero-order chi connectivity index (χ0) is 17.5. The Hall–Kier alpha value is -0.980. The van der Waals surface area contributed by atoms with Gasteiger partial charge in [-0.1, -0.05) is 25.9 Å². The smallest absolute Gasteiger partial charge is 0.243 e. The number of likely N-dealkylation sites (tertiary alicyclic amines) is 1. The molecule has 0 amide bonds. The minimum absolute atomic E-state index is 0.0440. The molecule has 136 valence electrons. The van der Waals surface area contributed by atoms with E-state index in [9.17, 15) is 5.11 Å². The van der Waals surface area contributed by atoms with E-state index < -0.39 is 0 Å². The number of piperidine rings is 1. The first-order valence-electron chi connectivity index (χ1n) is 9.15. The molecule has 6 nitrogen and oxygen atoms in total. The highest BCUT2D eigenvalue weighted by Gasteiger charge is 2.56. The molecule has 1 aromatic heterocycles.